The van der Waals surface area contributed by atoms with Crippen molar-refractivity contribution in [2.24, 2.45) is 5.73 Å². The molecule has 0 bridgehead atoms. The van der Waals surface area contributed by atoms with Gasteiger partial charge in [0.05, 0.1) is 0 Å². The minimum absolute atomic E-state index is 0.0292. The molecule has 3 N–H and O–H groups in total. The fourth-order valence-corrected chi connectivity index (χ4v) is 2.88. The second-order valence-electron chi connectivity index (χ2n) is 5.73. The van der Waals surface area contributed by atoms with Gasteiger partial charge in [0, 0.05) is 5.56 Å². The quantitative estimate of drug-likeness (QED) is 0.528. The Hall–Kier alpha value is -2.92. The van der Waals surface area contributed by atoms with Gasteiger partial charge in [-0.3, -0.25) is 4.79 Å². The predicted molar refractivity (Wildman–Crippen MR) is 94.9 cm³/mol. The van der Waals surface area contributed by atoms with Gasteiger partial charge in [-0.05, 0) is 46.3 Å². The lowest BCUT2D eigenvalue weighted by Gasteiger charge is -2.11. The summed E-state index contributed by atoms with van der Waals surface area (Å²) >= 11 is 3.06. The molecule has 0 saturated heterocycles. The van der Waals surface area contributed by atoms with Crippen LogP contribution in [0.5, 0.6) is 5.75 Å². The van der Waals surface area contributed by atoms with E-state index < -0.39 is 53.2 Å². The molecule has 3 aromatic rings. The van der Waals surface area contributed by atoms with Crippen LogP contribution >= 0.6 is 15.9 Å². The van der Waals surface area contributed by atoms with E-state index >= 15 is 0 Å². The van der Waals surface area contributed by atoms with Crippen molar-refractivity contribution in [3.63, 3.8) is 0 Å². The predicted octanol–water partition coefficient (Wildman–Crippen LogP) is 3.87. The van der Waals surface area contributed by atoms with Gasteiger partial charge in [0.1, 0.15) is 23.7 Å². The Balaban J connectivity index is 1.79. The average Bonchev–Trinajstić information content (AvgIpc) is 3.05. The molecule has 0 saturated carbocycles. The number of nitrogens with zero attached hydrogens (tertiary/aromatic N) is 1. The fourth-order valence-electron chi connectivity index (χ4n) is 2.39. The van der Waals surface area contributed by atoms with Crippen LogP contribution in [0.2, 0.25) is 0 Å². The van der Waals surface area contributed by atoms with Gasteiger partial charge in [-0.1, -0.05) is 0 Å². The van der Waals surface area contributed by atoms with Gasteiger partial charge in [0.2, 0.25) is 5.89 Å². The molecule has 1 aromatic heterocycles. The Kier molecular flexibility index (Phi) is 5.89. The van der Waals surface area contributed by atoms with E-state index in [0.717, 1.165) is 24.3 Å². The minimum Gasteiger partial charge on any atom is -0.487 e. The van der Waals surface area contributed by atoms with Crippen molar-refractivity contribution in [3.05, 3.63) is 69.7 Å². The summed E-state index contributed by atoms with van der Waals surface area (Å²) in [5.41, 5.74) is 4.21. The lowest BCUT2D eigenvalue weighted by molar-refractivity contribution is 0.0811. The Labute approximate surface area is 169 Å². The van der Waals surface area contributed by atoms with Gasteiger partial charge < -0.3 is 20.0 Å². The Morgan fingerprint density at radius 3 is 2.52 bits per heavy atom. The molecule has 152 valence electrons. The van der Waals surface area contributed by atoms with Crippen LogP contribution in [0.1, 0.15) is 22.4 Å². The highest BCUT2D eigenvalue weighted by atomic mass is 79.9. The van der Waals surface area contributed by atoms with Gasteiger partial charge in [-0.15, -0.1) is 0 Å². The monoisotopic (exact) mass is 474 g/mol. The summed E-state index contributed by atoms with van der Waals surface area (Å²) in [6.07, 6.45) is -1.51. The van der Waals surface area contributed by atoms with Gasteiger partial charge in [0.15, 0.2) is 34.0 Å². The number of aromatic nitrogens is 1. The molecule has 0 aliphatic heterocycles. The maximum absolute atomic E-state index is 14.1. The molecule has 3 rings (SSSR count). The summed E-state index contributed by atoms with van der Waals surface area (Å²) in [5, 5.41) is 10.2. The van der Waals surface area contributed by atoms with Crippen LogP contribution in [0, 0.1) is 23.3 Å². The van der Waals surface area contributed by atoms with Crippen molar-refractivity contribution in [1.29, 1.82) is 0 Å². The van der Waals surface area contributed by atoms with E-state index in [1.165, 1.54) is 6.07 Å². The van der Waals surface area contributed by atoms with E-state index in [4.69, 9.17) is 14.9 Å². The Bertz CT molecular complexity index is 1090. The summed E-state index contributed by atoms with van der Waals surface area (Å²) in [6.45, 7) is -0.578. The molecule has 6 nitrogen and oxygen atoms in total. The number of aliphatic hydroxyl groups is 1. The van der Waals surface area contributed by atoms with Crippen molar-refractivity contribution < 1.29 is 36.6 Å². The first-order valence-corrected chi connectivity index (χ1v) is 8.68. The van der Waals surface area contributed by atoms with Gasteiger partial charge in [-0.25, -0.2) is 22.5 Å². The first kappa shape index (κ1) is 20.8. The number of carbonyl (C=O) groups excluding carboxylic acids is 1. The van der Waals surface area contributed by atoms with Crippen LogP contribution in [0.15, 0.2) is 39.4 Å². The molecule has 1 unspecified atom stereocenters. The number of nitrogens with two attached hydrogens (primary N) is 1. The number of hydrogen-bond acceptors (Lipinski definition) is 5. The molecule has 2 aromatic carbocycles. The number of carbonyl (C=O) groups is 1. The number of benzene rings is 2. The second-order valence-corrected chi connectivity index (χ2v) is 6.45. The third-order valence-corrected chi connectivity index (χ3v) is 4.32. The van der Waals surface area contributed by atoms with Crippen molar-refractivity contribution >= 4 is 21.8 Å². The van der Waals surface area contributed by atoms with E-state index in [-0.39, 0.29) is 21.8 Å². The molecular weight excluding hydrogens is 464 g/mol. The van der Waals surface area contributed by atoms with Gasteiger partial charge in [0.25, 0.3) is 5.91 Å². The Morgan fingerprint density at radius 2 is 1.86 bits per heavy atom. The number of aliphatic hydroxyl groups excluding tert-OH is 1. The lowest BCUT2D eigenvalue weighted by Crippen LogP contribution is -2.17. The van der Waals surface area contributed by atoms with Crippen molar-refractivity contribution in [2.45, 2.75) is 6.10 Å². The highest BCUT2D eigenvalue weighted by Crippen LogP contribution is 2.32. The summed E-state index contributed by atoms with van der Waals surface area (Å²) < 4.78 is 64.4. The van der Waals surface area contributed by atoms with E-state index in [1.54, 1.807) is 0 Å². The molecule has 0 spiro atoms. The highest BCUT2D eigenvalue weighted by molar-refractivity contribution is 9.10. The third kappa shape index (κ3) is 4.25. The Morgan fingerprint density at radius 1 is 1.17 bits per heavy atom. The molecule has 0 radical (unpaired) electrons. The zero-order valence-corrected chi connectivity index (χ0v) is 15.8. The van der Waals surface area contributed by atoms with E-state index in [0.29, 0.717) is 0 Å². The van der Waals surface area contributed by atoms with Crippen molar-refractivity contribution in [1.82, 2.24) is 4.98 Å². The summed E-state index contributed by atoms with van der Waals surface area (Å²) in [4.78, 5) is 15.1. The molecule has 0 aliphatic rings. The number of oxazole rings is 1. The fraction of sp³-hybridized carbons (Fsp3) is 0.111. The first-order valence-electron chi connectivity index (χ1n) is 7.89. The van der Waals surface area contributed by atoms with E-state index in [2.05, 4.69) is 20.9 Å². The standard InChI is InChI=1S/C18H11BrF4N2O4/c19-16-15(7-1-2-8(20)10(22)5-7)25-18(29-16)11(26)6-28-12-4-3-9(21)13(14(12)23)17(24)27/h1-5,11,26H,6H2,(H2,24,27). The lowest BCUT2D eigenvalue weighted by atomic mass is 10.1. The van der Waals surface area contributed by atoms with Crippen LogP contribution in [0.3, 0.4) is 0 Å². The van der Waals surface area contributed by atoms with Crippen molar-refractivity contribution in [2.75, 3.05) is 6.61 Å². The normalized spacial score (nSPS) is 12.1. The zero-order valence-electron chi connectivity index (χ0n) is 14.3. The minimum atomic E-state index is -1.51. The van der Waals surface area contributed by atoms with Crippen LogP contribution in [-0.4, -0.2) is 22.6 Å². The van der Waals surface area contributed by atoms with Crippen molar-refractivity contribution in [3.8, 4) is 17.0 Å². The molecule has 11 heteroatoms. The number of rotatable bonds is 6. The number of primary amides is 1. The maximum Gasteiger partial charge on any atom is 0.254 e. The van der Waals surface area contributed by atoms with Crippen LogP contribution in [0.25, 0.3) is 11.3 Å². The maximum atomic E-state index is 14.1. The van der Waals surface area contributed by atoms with Crippen LogP contribution < -0.4 is 10.5 Å². The number of ether oxygens (including phenoxy) is 1. The molecule has 1 heterocycles. The molecule has 0 aliphatic carbocycles. The van der Waals surface area contributed by atoms with E-state index in [9.17, 15) is 27.5 Å². The molecule has 29 heavy (non-hydrogen) atoms. The van der Waals surface area contributed by atoms with Gasteiger partial charge in [-0.2, -0.15) is 0 Å². The van der Waals surface area contributed by atoms with Crippen LogP contribution in [-0.2, 0) is 0 Å². The summed E-state index contributed by atoms with van der Waals surface area (Å²) in [7, 11) is 0. The number of hydrogen-bond donors (Lipinski definition) is 2. The molecule has 1 atom stereocenters. The first-order chi connectivity index (χ1) is 13.7. The molecular formula is C18H11BrF4N2O4. The second kappa shape index (κ2) is 8.21. The highest BCUT2D eigenvalue weighted by Gasteiger charge is 2.23. The topological polar surface area (TPSA) is 98.6 Å². The van der Waals surface area contributed by atoms with Crippen LogP contribution in [0.4, 0.5) is 17.6 Å². The average molecular weight is 475 g/mol. The number of halogens is 5. The van der Waals surface area contributed by atoms with Gasteiger partial charge >= 0.3 is 0 Å². The smallest absolute Gasteiger partial charge is 0.254 e. The zero-order chi connectivity index (χ0) is 21.3. The number of amides is 1. The summed E-state index contributed by atoms with van der Waals surface area (Å²) in [6, 6.07) is 4.76. The molecule has 1 amide bonds. The largest absolute Gasteiger partial charge is 0.487 e. The van der Waals surface area contributed by atoms with E-state index in [1.807, 2.05) is 0 Å². The SMILES string of the molecule is NC(=O)c1c(F)ccc(OCC(O)c2nc(-c3ccc(F)c(F)c3)c(Br)o2)c1F. The third-order valence-electron chi connectivity index (χ3n) is 3.78. The molecule has 0 fully saturated rings. The summed E-state index contributed by atoms with van der Waals surface area (Å²) in [5.74, 6) is -6.73.